The Morgan fingerprint density at radius 1 is 0.917 bits per heavy atom. The molecular formula is C17H10Cl2F9N5O2S. The Morgan fingerprint density at radius 2 is 1.47 bits per heavy atom. The second-order valence-electron chi connectivity index (χ2n) is 7.19. The molecule has 3 aromatic rings. The molecule has 2 aromatic heterocycles. The van der Waals surface area contributed by atoms with Crippen molar-refractivity contribution in [3.63, 3.8) is 0 Å². The third-order valence-electron chi connectivity index (χ3n) is 4.38. The fourth-order valence-corrected chi connectivity index (χ4v) is 4.05. The molecule has 1 aromatic carbocycles. The average molecular weight is 590 g/mol. The molecule has 3 rings (SSSR count). The van der Waals surface area contributed by atoms with Gasteiger partial charge in [0.1, 0.15) is 21.3 Å². The first kappa shape index (κ1) is 28.0. The number of nitrogens with zero attached hydrogens (tertiary/aromatic N) is 4. The number of sulfone groups is 1. The van der Waals surface area contributed by atoms with Crippen molar-refractivity contribution >= 4 is 49.9 Å². The normalized spacial score (nSPS) is 13.4. The van der Waals surface area contributed by atoms with E-state index in [4.69, 9.17) is 23.2 Å². The largest absolute Gasteiger partial charge is 0.451 e. The lowest BCUT2D eigenvalue weighted by atomic mass is 10.2. The van der Waals surface area contributed by atoms with E-state index in [9.17, 15) is 47.9 Å². The van der Waals surface area contributed by atoms with Crippen LogP contribution in [0.2, 0.25) is 10.0 Å². The van der Waals surface area contributed by atoms with E-state index in [1.54, 1.807) is 0 Å². The summed E-state index contributed by atoms with van der Waals surface area (Å²) in [7, 11) is -3.68. The maximum absolute atomic E-state index is 13.7. The van der Waals surface area contributed by atoms with Crippen molar-refractivity contribution in [2.24, 2.45) is 0 Å². The quantitative estimate of drug-likeness (QED) is 0.388. The second-order valence-corrected chi connectivity index (χ2v) is 10.3. The van der Waals surface area contributed by atoms with E-state index in [-0.39, 0.29) is 0 Å². The number of anilines is 1. The van der Waals surface area contributed by atoms with Gasteiger partial charge in [-0.2, -0.15) is 39.5 Å². The first-order valence-electron chi connectivity index (χ1n) is 9.13. The molecule has 0 saturated carbocycles. The zero-order chi connectivity index (χ0) is 27.4. The second kappa shape index (κ2) is 9.09. The molecule has 0 atom stereocenters. The van der Waals surface area contributed by atoms with Crippen LogP contribution in [-0.2, 0) is 28.4 Å². The highest BCUT2D eigenvalue weighted by Gasteiger charge is 2.43. The van der Waals surface area contributed by atoms with Gasteiger partial charge in [-0.25, -0.2) is 23.1 Å². The third-order valence-corrected chi connectivity index (χ3v) is 5.90. The van der Waals surface area contributed by atoms with Crippen LogP contribution in [0.5, 0.6) is 0 Å². The molecule has 0 saturated heterocycles. The Bertz CT molecular complexity index is 1410. The van der Waals surface area contributed by atoms with E-state index in [0.29, 0.717) is 16.8 Å². The number of rotatable bonds is 5. The summed E-state index contributed by atoms with van der Waals surface area (Å²) in [6, 6.07) is 0.736. The van der Waals surface area contributed by atoms with E-state index < -0.39 is 90.3 Å². The highest BCUT2D eigenvalue weighted by Crippen LogP contribution is 2.43. The number of hydrogen-bond donors (Lipinski definition) is 1. The van der Waals surface area contributed by atoms with Crippen LogP contribution < -0.4 is 5.32 Å². The third kappa shape index (κ3) is 5.88. The lowest BCUT2D eigenvalue weighted by molar-refractivity contribution is -0.151. The Hall–Kier alpha value is -2.53. The summed E-state index contributed by atoms with van der Waals surface area (Å²) in [5.41, 5.74) is -5.24. The summed E-state index contributed by atoms with van der Waals surface area (Å²) in [6.07, 6.45) is -15.0. The van der Waals surface area contributed by atoms with Crippen molar-refractivity contribution < 1.29 is 47.9 Å². The monoisotopic (exact) mass is 589 g/mol. The SMILES string of the molecule is CS(=O)(=O)CCNc1c2c(C(F)(F)F)nc(C(F)(F)F)nc2nn1-c1c(Cl)cc(C(F)(F)F)cc1Cl. The van der Waals surface area contributed by atoms with Crippen LogP contribution in [0, 0.1) is 0 Å². The molecule has 1 N–H and O–H groups in total. The van der Waals surface area contributed by atoms with E-state index in [0.717, 1.165) is 6.26 Å². The van der Waals surface area contributed by atoms with Gasteiger partial charge in [0.05, 0.1) is 26.7 Å². The van der Waals surface area contributed by atoms with E-state index in [1.807, 2.05) is 0 Å². The molecule has 0 aliphatic heterocycles. The van der Waals surface area contributed by atoms with Crippen LogP contribution in [0.25, 0.3) is 16.7 Å². The molecule has 0 radical (unpaired) electrons. The number of halogens is 11. The minimum Gasteiger partial charge on any atom is -0.368 e. The molecule has 0 fully saturated rings. The predicted molar refractivity (Wildman–Crippen MR) is 110 cm³/mol. The maximum atomic E-state index is 13.7. The number of nitrogens with one attached hydrogen (secondary N) is 1. The topological polar surface area (TPSA) is 89.8 Å². The van der Waals surface area contributed by atoms with Crippen molar-refractivity contribution in [3.05, 3.63) is 39.3 Å². The number of benzene rings is 1. The molecule has 0 spiro atoms. The smallest absolute Gasteiger partial charge is 0.368 e. The molecule has 19 heteroatoms. The average Bonchev–Trinajstić information content (AvgIpc) is 3.01. The summed E-state index contributed by atoms with van der Waals surface area (Å²) in [5.74, 6) is -3.66. The van der Waals surface area contributed by atoms with Crippen LogP contribution in [0.3, 0.4) is 0 Å². The number of alkyl halides is 9. The fourth-order valence-electron chi connectivity index (χ4n) is 2.93. The highest BCUT2D eigenvalue weighted by molar-refractivity contribution is 7.90. The number of fused-ring (bicyclic) bond motifs is 1. The van der Waals surface area contributed by atoms with Crippen molar-refractivity contribution in [1.82, 2.24) is 19.7 Å². The molecule has 0 unspecified atom stereocenters. The standard InChI is InChI=1S/C17H10Cl2F9N5O2S/c1-36(34,35)3-2-29-13-9-11(16(23,24)25)30-14(17(26,27)28)31-12(9)32-33(13)10-7(18)4-6(5-8(10)19)15(20,21)22/h4-5,29H,2-3H2,1H3. The van der Waals surface area contributed by atoms with Crippen molar-refractivity contribution in [3.8, 4) is 5.69 Å². The number of hydrogen-bond acceptors (Lipinski definition) is 6. The minimum absolute atomic E-state index is 0.368. The minimum atomic E-state index is -5.49. The Morgan fingerprint density at radius 3 is 1.92 bits per heavy atom. The molecule has 7 nitrogen and oxygen atoms in total. The van der Waals surface area contributed by atoms with Crippen LogP contribution >= 0.6 is 23.2 Å². The van der Waals surface area contributed by atoms with Gasteiger partial charge in [-0.3, -0.25) is 0 Å². The van der Waals surface area contributed by atoms with Gasteiger partial charge in [0.25, 0.3) is 0 Å². The molecule has 0 aliphatic rings. The zero-order valence-corrected chi connectivity index (χ0v) is 19.6. The van der Waals surface area contributed by atoms with Crippen LogP contribution in [0.4, 0.5) is 45.3 Å². The summed E-state index contributed by atoms with van der Waals surface area (Å²) >= 11 is 11.8. The molecule has 0 bridgehead atoms. The van der Waals surface area contributed by atoms with Gasteiger partial charge in [0.2, 0.25) is 5.82 Å². The summed E-state index contributed by atoms with van der Waals surface area (Å²) < 4.78 is 143. The Kier molecular flexibility index (Phi) is 7.08. The van der Waals surface area contributed by atoms with Gasteiger partial charge >= 0.3 is 18.5 Å². The van der Waals surface area contributed by atoms with Crippen molar-refractivity contribution in [2.45, 2.75) is 18.5 Å². The molecule has 0 amide bonds. The van der Waals surface area contributed by atoms with Gasteiger partial charge in [-0.1, -0.05) is 23.2 Å². The van der Waals surface area contributed by atoms with Gasteiger partial charge < -0.3 is 5.32 Å². The van der Waals surface area contributed by atoms with Crippen LogP contribution in [-0.4, -0.2) is 46.7 Å². The molecular weight excluding hydrogens is 580 g/mol. The molecule has 36 heavy (non-hydrogen) atoms. The summed E-state index contributed by atoms with van der Waals surface area (Å²) in [6.45, 7) is -0.589. The van der Waals surface area contributed by atoms with Gasteiger partial charge in [-0.15, -0.1) is 5.10 Å². The predicted octanol–water partition coefficient (Wildman–Crippen LogP) is 5.64. The van der Waals surface area contributed by atoms with Crippen LogP contribution in [0.1, 0.15) is 17.1 Å². The van der Waals surface area contributed by atoms with Crippen molar-refractivity contribution in [2.75, 3.05) is 23.9 Å². The first-order valence-corrected chi connectivity index (χ1v) is 11.9. The summed E-state index contributed by atoms with van der Waals surface area (Å²) in [4.78, 5) is 5.58. The van der Waals surface area contributed by atoms with Gasteiger partial charge in [0.15, 0.2) is 11.3 Å². The summed E-state index contributed by atoms with van der Waals surface area (Å²) in [5, 5.41) is 3.14. The lowest BCUT2D eigenvalue weighted by Crippen LogP contribution is -2.19. The lowest BCUT2D eigenvalue weighted by Gasteiger charge is -2.16. The van der Waals surface area contributed by atoms with Gasteiger partial charge in [-0.05, 0) is 12.1 Å². The molecule has 0 aliphatic carbocycles. The van der Waals surface area contributed by atoms with E-state index >= 15 is 0 Å². The van der Waals surface area contributed by atoms with Crippen molar-refractivity contribution in [1.29, 1.82) is 0 Å². The zero-order valence-electron chi connectivity index (χ0n) is 17.2. The first-order chi connectivity index (χ1) is 16.2. The van der Waals surface area contributed by atoms with Crippen LogP contribution in [0.15, 0.2) is 12.1 Å². The van der Waals surface area contributed by atoms with Gasteiger partial charge in [0, 0.05) is 12.8 Å². The van der Waals surface area contributed by atoms with E-state index in [1.165, 1.54) is 0 Å². The highest BCUT2D eigenvalue weighted by atomic mass is 35.5. The number of aromatic nitrogens is 4. The molecule has 198 valence electrons. The Labute approximate surface area is 205 Å². The molecule has 2 heterocycles. The van der Waals surface area contributed by atoms with E-state index in [2.05, 4.69) is 20.4 Å². The Balaban J connectivity index is 2.40. The fraction of sp³-hybridized carbons (Fsp3) is 0.353. The maximum Gasteiger partial charge on any atom is 0.451 e.